The molecule has 0 unspecified atom stereocenters. The highest BCUT2D eigenvalue weighted by atomic mass is 16.5. The summed E-state index contributed by atoms with van der Waals surface area (Å²) in [6.07, 6.45) is 1.93. The third-order valence-electron chi connectivity index (χ3n) is 4.71. The molecule has 130 valence electrons. The summed E-state index contributed by atoms with van der Waals surface area (Å²) in [5.74, 6) is 0.870. The van der Waals surface area contributed by atoms with Crippen molar-refractivity contribution in [3.05, 3.63) is 65.9 Å². The summed E-state index contributed by atoms with van der Waals surface area (Å²) in [6.45, 7) is 4.53. The minimum absolute atomic E-state index is 0.0834. The Morgan fingerprint density at radius 1 is 1.16 bits per heavy atom. The van der Waals surface area contributed by atoms with Crippen LogP contribution in [0.1, 0.15) is 25.0 Å². The second kappa shape index (κ2) is 6.63. The second-order valence-corrected chi connectivity index (χ2v) is 6.89. The van der Waals surface area contributed by atoms with Crippen molar-refractivity contribution in [2.24, 2.45) is 0 Å². The third kappa shape index (κ3) is 3.25. The first-order valence-electron chi connectivity index (χ1n) is 8.38. The van der Waals surface area contributed by atoms with Crippen molar-refractivity contribution in [2.75, 3.05) is 14.2 Å². The lowest BCUT2D eigenvalue weighted by Gasteiger charge is -2.29. The smallest absolute Gasteiger partial charge is 0.232 e. The number of fused-ring (bicyclic) bond motifs is 1. The number of rotatable bonds is 5. The van der Waals surface area contributed by atoms with Crippen molar-refractivity contribution in [3.8, 4) is 5.75 Å². The number of nitrogens with one attached hydrogen (secondary N) is 1. The Hall–Kier alpha value is -2.75. The van der Waals surface area contributed by atoms with Gasteiger partial charge in [0.25, 0.3) is 0 Å². The zero-order valence-electron chi connectivity index (χ0n) is 15.2. The molecule has 0 aliphatic heterocycles. The molecule has 0 radical (unpaired) electrons. The van der Waals surface area contributed by atoms with Gasteiger partial charge < -0.3 is 14.6 Å². The number of likely N-dealkylation sites (N-methyl/N-ethyl adjacent to an activating group) is 1. The molecular formula is C21H24N2O2. The zero-order chi connectivity index (χ0) is 18.0. The average molecular weight is 336 g/mol. The molecule has 1 N–H and O–H groups in total. The predicted molar refractivity (Wildman–Crippen MR) is 101 cm³/mol. The van der Waals surface area contributed by atoms with Gasteiger partial charge in [0.1, 0.15) is 5.75 Å². The largest absolute Gasteiger partial charge is 0.497 e. The van der Waals surface area contributed by atoms with Crippen LogP contribution >= 0.6 is 0 Å². The Bertz CT molecular complexity index is 881. The number of carbonyl (C=O) groups is 1. The monoisotopic (exact) mass is 336 g/mol. The number of carbonyl (C=O) groups excluding carboxylic acids is 1. The quantitative estimate of drug-likeness (QED) is 0.762. The van der Waals surface area contributed by atoms with Gasteiger partial charge in [-0.15, -0.1) is 0 Å². The highest BCUT2D eigenvalue weighted by Crippen LogP contribution is 2.34. The number of ether oxygens (including phenoxy) is 1. The van der Waals surface area contributed by atoms with E-state index in [0.29, 0.717) is 6.54 Å². The molecular weight excluding hydrogens is 312 g/mol. The van der Waals surface area contributed by atoms with Crippen LogP contribution in [0, 0.1) is 0 Å². The van der Waals surface area contributed by atoms with E-state index in [1.807, 2.05) is 75.6 Å². The molecule has 0 saturated heterocycles. The fraction of sp³-hybridized carbons (Fsp3) is 0.286. The van der Waals surface area contributed by atoms with E-state index >= 15 is 0 Å². The van der Waals surface area contributed by atoms with Crippen LogP contribution in [0.2, 0.25) is 0 Å². The van der Waals surface area contributed by atoms with E-state index in [-0.39, 0.29) is 5.91 Å². The average Bonchev–Trinajstić information content (AvgIpc) is 3.05. The summed E-state index contributed by atoms with van der Waals surface area (Å²) in [7, 11) is 3.50. The zero-order valence-corrected chi connectivity index (χ0v) is 15.2. The summed E-state index contributed by atoms with van der Waals surface area (Å²) in [6, 6.07) is 15.9. The van der Waals surface area contributed by atoms with Crippen molar-refractivity contribution in [2.45, 2.75) is 25.8 Å². The summed E-state index contributed by atoms with van der Waals surface area (Å²) in [5, 5.41) is 1.02. The lowest BCUT2D eigenvalue weighted by Crippen LogP contribution is -2.40. The molecule has 2 aromatic carbocycles. The van der Waals surface area contributed by atoms with E-state index in [2.05, 4.69) is 4.98 Å². The van der Waals surface area contributed by atoms with Crippen molar-refractivity contribution in [1.29, 1.82) is 0 Å². The first kappa shape index (κ1) is 17.1. The molecule has 25 heavy (non-hydrogen) atoms. The topological polar surface area (TPSA) is 45.3 Å². The summed E-state index contributed by atoms with van der Waals surface area (Å²) in [5.41, 5.74) is 2.46. The van der Waals surface area contributed by atoms with Crippen LogP contribution in [0.3, 0.4) is 0 Å². The maximum absolute atomic E-state index is 13.1. The molecule has 1 amide bonds. The van der Waals surface area contributed by atoms with Gasteiger partial charge in [-0.1, -0.05) is 30.3 Å². The van der Waals surface area contributed by atoms with E-state index in [1.165, 1.54) is 0 Å². The molecule has 0 atom stereocenters. The Labute approximate surface area is 148 Å². The van der Waals surface area contributed by atoms with Gasteiger partial charge in [0, 0.05) is 30.7 Å². The number of aromatic amines is 1. The number of aromatic nitrogens is 1. The molecule has 4 nitrogen and oxygen atoms in total. The van der Waals surface area contributed by atoms with Gasteiger partial charge in [-0.05, 0) is 43.2 Å². The van der Waals surface area contributed by atoms with Crippen molar-refractivity contribution in [1.82, 2.24) is 9.88 Å². The normalized spacial score (nSPS) is 11.5. The highest BCUT2D eigenvalue weighted by Gasteiger charge is 2.34. The van der Waals surface area contributed by atoms with Gasteiger partial charge in [0.2, 0.25) is 5.91 Å². The number of hydrogen-bond acceptors (Lipinski definition) is 2. The van der Waals surface area contributed by atoms with Gasteiger partial charge in [-0.2, -0.15) is 0 Å². The summed E-state index contributed by atoms with van der Waals surface area (Å²) >= 11 is 0. The van der Waals surface area contributed by atoms with Gasteiger partial charge in [-0.3, -0.25) is 4.79 Å². The molecule has 4 heteroatoms. The van der Waals surface area contributed by atoms with Crippen molar-refractivity contribution in [3.63, 3.8) is 0 Å². The lowest BCUT2D eigenvalue weighted by atomic mass is 9.83. The number of amides is 1. The molecule has 0 bridgehead atoms. The van der Waals surface area contributed by atoms with Crippen LogP contribution in [0.5, 0.6) is 5.75 Å². The summed E-state index contributed by atoms with van der Waals surface area (Å²) < 4.78 is 5.34. The van der Waals surface area contributed by atoms with E-state index < -0.39 is 5.41 Å². The van der Waals surface area contributed by atoms with Crippen LogP contribution < -0.4 is 4.74 Å². The van der Waals surface area contributed by atoms with Crippen LogP contribution in [-0.4, -0.2) is 29.9 Å². The first-order valence-corrected chi connectivity index (χ1v) is 8.38. The fourth-order valence-corrected chi connectivity index (χ4v) is 3.27. The number of H-pyrrole nitrogens is 1. The van der Waals surface area contributed by atoms with Gasteiger partial charge in [-0.25, -0.2) is 0 Å². The van der Waals surface area contributed by atoms with E-state index in [1.54, 1.807) is 12.0 Å². The van der Waals surface area contributed by atoms with Crippen LogP contribution in [0.4, 0.5) is 0 Å². The van der Waals surface area contributed by atoms with Crippen LogP contribution in [0.25, 0.3) is 10.9 Å². The molecule has 0 spiro atoms. The van der Waals surface area contributed by atoms with E-state index in [4.69, 9.17) is 4.74 Å². The van der Waals surface area contributed by atoms with E-state index in [0.717, 1.165) is 27.8 Å². The standard InChI is InChI=1S/C21H24N2O2/c1-21(2,20(24)23(3)14-15-8-6-5-7-9-15)18-13-22-19-11-10-16(25-4)12-17(18)19/h5-13,22H,14H2,1-4H3. The molecule has 0 saturated carbocycles. The number of methoxy groups -OCH3 is 1. The number of nitrogens with zero attached hydrogens (tertiary/aromatic N) is 1. The minimum Gasteiger partial charge on any atom is -0.497 e. The van der Waals surface area contributed by atoms with Crippen LogP contribution in [0.15, 0.2) is 54.7 Å². The second-order valence-electron chi connectivity index (χ2n) is 6.89. The summed E-state index contributed by atoms with van der Waals surface area (Å²) in [4.78, 5) is 18.2. The maximum Gasteiger partial charge on any atom is 0.232 e. The third-order valence-corrected chi connectivity index (χ3v) is 4.71. The number of hydrogen-bond donors (Lipinski definition) is 1. The molecule has 1 aromatic heterocycles. The van der Waals surface area contributed by atoms with Crippen molar-refractivity contribution < 1.29 is 9.53 Å². The molecule has 3 rings (SSSR count). The highest BCUT2D eigenvalue weighted by molar-refractivity contribution is 5.95. The first-order chi connectivity index (χ1) is 11.9. The number of benzene rings is 2. The van der Waals surface area contributed by atoms with Gasteiger partial charge in [0.15, 0.2) is 0 Å². The molecule has 0 aliphatic carbocycles. The fourth-order valence-electron chi connectivity index (χ4n) is 3.27. The van der Waals surface area contributed by atoms with Gasteiger partial charge in [0.05, 0.1) is 12.5 Å². The predicted octanol–water partition coefficient (Wildman–Crippen LogP) is 4.11. The molecule has 0 aliphatic rings. The SMILES string of the molecule is COc1ccc2[nH]cc(C(C)(C)C(=O)N(C)Cc3ccccc3)c2c1. The molecule has 3 aromatic rings. The van der Waals surface area contributed by atoms with Crippen LogP contribution in [-0.2, 0) is 16.8 Å². The van der Waals surface area contributed by atoms with E-state index in [9.17, 15) is 4.79 Å². The Balaban J connectivity index is 1.91. The Morgan fingerprint density at radius 2 is 1.88 bits per heavy atom. The van der Waals surface area contributed by atoms with Gasteiger partial charge >= 0.3 is 0 Å². The van der Waals surface area contributed by atoms with Crippen molar-refractivity contribution >= 4 is 16.8 Å². The maximum atomic E-state index is 13.1. The Kier molecular flexibility index (Phi) is 4.53. The molecule has 1 heterocycles. The lowest BCUT2D eigenvalue weighted by molar-refractivity contribution is -0.135. The minimum atomic E-state index is -0.645. The molecule has 0 fully saturated rings. The Morgan fingerprint density at radius 3 is 2.56 bits per heavy atom.